The molecule has 0 aliphatic carbocycles. The molecule has 0 aliphatic rings. The maximum absolute atomic E-state index is 11.2. The Morgan fingerprint density at radius 2 is 2.00 bits per heavy atom. The molecular weight excluding hydrogens is 259 g/mol. The van der Waals surface area contributed by atoms with Crippen LogP contribution in [0.3, 0.4) is 0 Å². The smallest absolute Gasteiger partial charge is 0.237 e. The zero-order chi connectivity index (χ0) is 13.2. The summed E-state index contributed by atoms with van der Waals surface area (Å²) in [4.78, 5) is 11.2. The van der Waals surface area contributed by atoms with Gasteiger partial charge in [-0.3, -0.25) is 10.1 Å². The van der Waals surface area contributed by atoms with Crippen LogP contribution in [0.2, 0.25) is 10.0 Å². The van der Waals surface area contributed by atoms with Crippen molar-refractivity contribution in [2.24, 2.45) is 5.73 Å². The van der Waals surface area contributed by atoms with E-state index in [-0.39, 0.29) is 6.04 Å². The van der Waals surface area contributed by atoms with E-state index in [1.54, 1.807) is 19.9 Å². The first-order chi connectivity index (χ1) is 7.75. The van der Waals surface area contributed by atoms with Gasteiger partial charge in [0.25, 0.3) is 0 Å². The normalized spacial score (nSPS) is 13.5. The Balaban J connectivity index is 2.94. The molecule has 0 aliphatic heterocycles. The lowest BCUT2D eigenvalue weighted by molar-refractivity contribution is -0.123. The fraction of sp³-hybridized carbons (Fsp3) is 0.417. The molecule has 0 spiro atoms. The van der Waals surface area contributed by atoms with Crippen molar-refractivity contribution < 1.29 is 4.79 Å². The molecule has 1 unspecified atom stereocenters. The van der Waals surface area contributed by atoms with Crippen molar-refractivity contribution in [3.8, 4) is 0 Å². The van der Waals surface area contributed by atoms with E-state index in [1.807, 2.05) is 19.1 Å². The summed E-state index contributed by atoms with van der Waals surface area (Å²) < 4.78 is 0. The average Bonchev–Trinajstić information content (AvgIpc) is 2.21. The van der Waals surface area contributed by atoms with Crippen LogP contribution in [-0.4, -0.2) is 11.4 Å². The largest absolute Gasteiger partial charge is 0.368 e. The third-order valence-electron chi connectivity index (χ3n) is 2.64. The molecule has 3 N–H and O–H groups in total. The Morgan fingerprint density at radius 1 is 1.41 bits per heavy atom. The number of carbonyl (C=O) groups is 1. The second-order valence-electron chi connectivity index (χ2n) is 4.50. The van der Waals surface area contributed by atoms with Gasteiger partial charge in [0, 0.05) is 6.04 Å². The standard InChI is InChI=1S/C12H16Cl2N2O/c1-7(16-12(2,3)11(15)17)8-5-4-6-9(13)10(8)14/h4-7,16H,1-3H3,(H2,15,17). The molecule has 1 atom stereocenters. The van der Waals surface area contributed by atoms with Crippen molar-refractivity contribution in [3.05, 3.63) is 33.8 Å². The quantitative estimate of drug-likeness (QED) is 0.887. The number of primary amides is 1. The van der Waals surface area contributed by atoms with E-state index < -0.39 is 11.4 Å². The summed E-state index contributed by atoms with van der Waals surface area (Å²) in [5, 5.41) is 4.11. The summed E-state index contributed by atoms with van der Waals surface area (Å²) in [5.41, 5.74) is 5.34. The molecule has 1 rings (SSSR count). The molecule has 0 heterocycles. The Morgan fingerprint density at radius 3 is 2.53 bits per heavy atom. The van der Waals surface area contributed by atoms with E-state index in [4.69, 9.17) is 28.9 Å². The minimum atomic E-state index is -0.801. The van der Waals surface area contributed by atoms with Crippen LogP contribution >= 0.6 is 23.2 Å². The van der Waals surface area contributed by atoms with Crippen LogP contribution in [0.5, 0.6) is 0 Å². The first-order valence-corrected chi connectivity index (χ1v) is 6.03. The molecular formula is C12H16Cl2N2O. The number of benzene rings is 1. The van der Waals surface area contributed by atoms with Crippen molar-refractivity contribution in [3.63, 3.8) is 0 Å². The van der Waals surface area contributed by atoms with Gasteiger partial charge in [0.2, 0.25) is 5.91 Å². The fourth-order valence-electron chi connectivity index (χ4n) is 1.55. The molecule has 0 saturated heterocycles. The van der Waals surface area contributed by atoms with Crippen molar-refractivity contribution in [2.45, 2.75) is 32.4 Å². The lowest BCUT2D eigenvalue weighted by Crippen LogP contribution is -2.51. The number of nitrogens with two attached hydrogens (primary N) is 1. The Bertz CT molecular complexity index is 433. The molecule has 0 aromatic heterocycles. The van der Waals surface area contributed by atoms with Crippen LogP contribution in [0.15, 0.2) is 18.2 Å². The topological polar surface area (TPSA) is 55.1 Å². The third-order valence-corrected chi connectivity index (χ3v) is 3.47. The van der Waals surface area contributed by atoms with Crippen LogP contribution < -0.4 is 11.1 Å². The summed E-state index contributed by atoms with van der Waals surface area (Å²) in [7, 11) is 0. The zero-order valence-corrected chi connectivity index (χ0v) is 11.6. The minimum absolute atomic E-state index is 0.122. The second-order valence-corrected chi connectivity index (χ2v) is 5.28. The highest BCUT2D eigenvalue weighted by atomic mass is 35.5. The van der Waals surface area contributed by atoms with Gasteiger partial charge < -0.3 is 5.73 Å². The Labute approximate surface area is 111 Å². The molecule has 0 radical (unpaired) electrons. The van der Waals surface area contributed by atoms with Gasteiger partial charge in [-0.1, -0.05) is 35.3 Å². The molecule has 0 fully saturated rings. The molecule has 1 aromatic carbocycles. The maximum Gasteiger partial charge on any atom is 0.237 e. The molecule has 5 heteroatoms. The van der Waals surface area contributed by atoms with Gasteiger partial charge >= 0.3 is 0 Å². The van der Waals surface area contributed by atoms with E-state index in [0.717, 1.165) is 5.56 Å². The van der Waals surface area contributed by atoms with Gasteiger partial charge in [0.1, 0.15) is 0 Å². The lowest BCUT2D eigenvalue weighted by atomic mass is 10.0. The number of carbonyl (C=O) groups excluding carboxylic acids is 1. The van der Waals surface area contributed by atoms with Gasteiger partial charge in [-0.05, 0) is 32.4 Å². The van der Waals surface area contributed by atoms with E-state index in [1.165, 1.54) is 0 Å². The van der Waals surface area contributed by atoms with Gasteiger partial charge in [-0.15, -0.1) is 0 Å². The number of halogens is 2. The lowest BCUT2D eigenvalue weighted by Gasteiger charge is -2.27. The SMILES string of the molecule is CC(NC(C)(C)C(N)=O)c1cccc(Cl)c1Cl. The second kappa shape index (κ2) is 5.25. The number of hydrogen-bond acceptors (Lipinski definition) is 2. The van der Waals surface area contributed by atoms with Gasteiger partial charge in [0.15, 0.2) is 0 Å². The fourth-order valence-corrected chi connectivity index (χ4v) is 2.02. The van der Waals surface area contributed by atoms with Crippen molar-refractivity contribution in [2.75, 3.05) is 0 Å². The van der Waals surface area contributed by atoms with Gasteiger partial charge in [-0.25, -0.2) is 0 Å². The molecule has 17 heavy (non-hydrogen) atoms. The van der Waals surface area contributed by atoms with E-state index in [0.29, 0.717) is 10.0 Å². The van der Waals surface area contributed by atoms with Crippen LogP contribution in [0.25, 0.3) is 0 Å². The van der Waals surface area contributed by atoms with Crippen molar-refractivity contribution >= 4 is 29.1 Å². The van der Waals surface area contributed by atoms with Crippen LogP contribution in [0.1, 0.15) is 32.4 Å². The Kier molecular flexibility index (Phi) is 4.42. The van der Waals surface area contributed by atoms with Crippen LogP contribution in [0.4, 0.5) is 0 Å². The summed E-state index contributed by atoms with van der Waals surface area (Å²) in [5.74, 6) is -0.414. The van der Waals surface area contributed by atoms with Crippen LogP contribution in [0, 0.1) is 0 Å². The first-order valence-electron chi connectivity index (χ1n) is 5.27. The van der Waals surface area contributed by atoms with E-state index in [2.05, 4.69) is 5.32 Å². The van der Waals surface area contributed by atoms with Gasteiger partial charge in [-0.2, -0.15) is 0 Å². The average molecular weight is 275 g/mol. The molecule has 3 nitrogen and oxygen atoms in total. The monoisotopic (exact) mass is 274 g/mol. The van der Waals surface area contributed by atoms with Crippen molar-refractivity contribution in [1.29, 1.82) is 0 Å². The summed E-state index contributed by atoms with van der Waals surface area (Å²) >= 11 is 12.0. The number of hydrogen-bond donors (Lipinski definition) is 2. The zero-order valence-electron chi connectivity index (χ0n) is 10.1. The number of rotatable bonds is 4. The summed E-state index contributed by atoms with van der Waals surface area (Å²) in [6.07, 6.45) is 0. The molecule has 0 saturated carbocycles. The predicted molar refractivity (Wildman–Crippen MR) is 71.3 cm³/mol. The first kappa shape index (κ1) is 14.3. The predicted octanol–water partition coefficient (Wildman–Crippen LogP) is 2.91. The molecule has 1 aromatic rings. The van der Waals surface area contributed by atoms with E-state index in [9.17, 15) is 4.79 Å². The van der Waals surface area contributed by atoms with Crippen LogP contribution in [-0.2, 0) is 4.79 Å². The summed E-state index contributed by atoms with van der Waals surface area (Å²) in [6, 6.07) is 5.28. The highest BCUT2D eigenvalue weighted by molar-refractivity contribution is 6.42. The highest BCUT2D eigenvalue weighted by Crippen LogP contribution is 2.30. The van der Waals surface area contributed by atoms with E-state index >= 15 is 0 Å². The van der Waals surface area contributed by atoms with Gasteiger partial charge in [0.05, 0.1) is 15.6 Å². The van der Waals surface area contributed by atoms with Crippen molar-refractivity contribution in [1.82, 2.24) is 5.32 Å². The highest BCUT2D eigenvalue weighted by Gasteiger charge is 2.27. The number of amides is 1. The summed E-state index contributed by atoms with van der Waals surface area (Å²) in [6.45, 7) is 5.36. The Hall–Kier alpha value is -0.770. The molecule has 1 amide bonds. The third kappa shape index (κ3) is 3.35. The minimum Gasteiger partial charge on any atom is -0.368 e. The molecule has 0 bridgehead atoms. The number of nitrogens with one attached hydrogen (secondary N) is 1. The molecule has 94 valence electrons. The maximum atomic E-state index is 11.2.